The van der Waals surface area contributed by atoms with Crippen LogP contribution in [0, 0.1) is 12.8 Å². The summed E-state index contributed by atoms with van der Waals surface area (Å²) in [6, 6.07) is 7.85. The number of aromatic nitrogens is 1. The predicted molar refractivity (Wildman–Crippen MR) is 102 cm³/mol. The van der Waals surface area contributed by atoms with E-state index in [9.17, 15) is 9.59 Å². The van der Waals surface area contributed by atoms with E-state index < -0.39 is 0 Å². The number of likely N-dealkylation sites (tertiary alicyclic amines) is 1. The first kappa shape index (κ1) is 18.5. The molecule has 0 radical (unpaired) electrons. The number of carbonyl (C=O) groups is 2. The summed E-state index contributed by atoms with van der Waals surface area (Å²) in [5.41, 5.74) is 8.34. The van der Waals surface area contributed by atoms with Crippen LogP contribution in [0.4, 0.5) is 10.8 Å². The van der Waals surface area contributed by atoms with Gasteiger partial charge in [0, 0.05) is 12.3 Å². The van der Waals surface area contributed by atoms with Crippen molar-refractivity contribution in [3.8, 4) is 0 Å². The van der Waals surface area contributed by atoms with Gasteiger partial charge in [-0.2, -0.15) is 0 Å². The van der Waals surface area contributed by atoms with E-state index in [4.69, 9.17) is 5.73 Å². The molecule has 3 N–H and O–H groups in total. The van der Waals surface area contributed by atoms with Crippen molar-refractivity contribution in [2.24, 2.45) is 11.7 Å². The highest BCUT2D eigenvalue weighted by Crippen LogP contribution is 2.29. The number of benzene rings is 1. The van der Waals surface area contributed by atoms with Crippen LogP contribution in [0.3, 0.4) is 0 Å². The van der Waals surface area contributed by atoms with Crippen molar-refractivity contribution in [2.45, 2.75) is 33.2 Å². The highest BCUT2D eigenvalue weighted by atomic mass is 32.1. The Balaban J connectivity index is 1.75. The van der Waals surface area contributed by atoms with Gasteiger partial charge in [-0.05, 0) is 37.5 Å². The topological polar surface area (TPSA) is 80.7 Å². The summed E-state index contributed by atoms with van der Waals surface area (Å²) >= 11 is 1.47. The second-order valence-electron chi connectivity index (χ2n) is 6.94. The Morgan fingerprint density at radius 2 is 2.23 bits per heavy atom. The van der Waals surface area contributed by atoms with Crippen molar-refractivity contribution in [2.75, 3.05) is 18.0 Å². The number of rotatable bonds is 5. The highest BCUT2D eigenvalue weighted by Gasteiger charge is 2.28. The Kier molecular flexibility index (Phi) is 5.68. The molecule has 1 saturated heterocycles. The van der Waals surface area contributed by atoms with Gasteiger partial charge in [-0.25, -0.2) is 4.98 Å². The number of nitrogens with zero attached hydrogens (tertiary/aromatic N) is 2. The second-order valence-corrected chi connectivity index (χ2v) is 7.77. The monoisotopic (exact) mass is 373 g/mol. The third-order valence-corrected chi connectivity index (χ3v) is 5.63. The lowest BCUT2D eigenvalue weighted by Gasteiger charge is -2.27. The van der Waals surface area contributed by atoms with Crippen LogP contribution in [0.2, 0.25) is 0 Å². The fourth-order valence-electron chi connectivity index (χ4n) is 3.48. The van der Waals surface area contributed by atoms with Gasteiger partial charge in [0.2, 0.25) is 11.8 Å². The fraction of sp³-hybridized carbons (Fsp3) is 0.421. The molecule has 1 fully saturated rings. The molecule has 3 rings (SSSR count). The van der Waals surface area contributed by atoms with E-state index in [1.54, 1.807) is 11.8 Å². The van der Waals surface area contributed by atoms with Crippen molar-refractivity contribution in [3.05, 3.63) is 40.9 Å². The van der Waals surface area contributed by atoms with Crippen molar-refractivity contribution in [3.63, 3.8) is 0 Å². The van der Waals surface area contributed by atoms with Crippen molar-refractivity contribution < 1.29 is 14.5 Å². The fourth-order valence-corrected chi connectivity index (χ4v) is 4.37. The van der Waals surface area contributed by atoms with E-state index in [1.165, 1.54) is 16.2 Å². The van der Waals surface area contributed by atoms with Gasteiger partial charge in [-0.3, -0.25) is 14.5 Å². The minimum atomic E-state index is -0.205. The number of piperidine rings is 1. The maximum Gasteiger partial charge on any atom is 0.230 e. The molecule has 0 bridgehead atoms. The van der Waals surface area contributed by atoms with Crippen LogP contribution in [0.1, 0.15) is 31.0 Å². The number of nitrogens with one attached hydrogen (secondary N) is 1. The first-order valence-corrected chi connectivity index (χ1v) is 9.76. The molecule has 6 nitrogen and oxygen atoms in total. The van der Waals surface area contributed by atoms with E-state index in [2.05, 4.69) is 4.98 Å². The maximum absolute atomic E-state index is 12.2. The number of carbonyl (C=O) groups excluding carboxylic acids is 2. The van der Waals surface area contributed by atoms with Crippen LogP contribution < -0.4 is 15.5 Å². The minimum Gasteiger partial charge on any atom is -0.369 e. The smallest absolute Gasteiger partial charge is 0.230 e. The summed E-state index contributed by atoms with van der Waals surface area (Å²) in [6.45, 7) is 6.09. The van der Waals surface area contributed by atoms with Gasteiger partial charge in [0.1, 0.15) is 12.2 Å². The normalized spacial score (nSPS) is 19.9. The van der Waals surface area contributed by atoms with Crippen molar-refractivity contribution >= 4 is 34.0 Å². The molecule has 1 aromatic heterocycles. The molecule has 0 spiro atoms. The zero-order chi connectivity index (χ0) is 18.7. The molecule has 26 heavy (non-hydrogen) atoms. The van der Waals surface area contributed by atoms with E-state index in [1.807, 2.05) is 36.6 Å². The third-order valence-electron chi connectivity index (χ3n) is 4.76. The van der Waals surface area contributed by atoms with Crippen molar-refractivity contribution in [1.82, 2.24) is 4.98 Å². The predicted octanol–water partition coefficient (Wildman–Crippen LogP) is 1.42. The molecule has 2 atom stereocenters. The van der Waals surface area contributed by atoms with E-state index in [-0.39, 0.29) is 17.7 Å². The van der Waals surface area contributed by atoms with Crippen LogP contribution in [-0.2, 0) is 16.1 Å². The van der Waals surface area contributed by atoms with E-state index in [0.717, 1.165) is 49.4 Å². The number of aryl methyl sites for hydroxylation is 1. The number of thiazole rings is 1. The Labute approximate surface area is 157 Å². The van der Waals surface area contributed by atoms with Crippen LogP contribution >= 0.6 is 11.3 Å². The zero-order valence-corrected chi connectivity index (χ0v) is 16.0. The SMILES string of the molecule is CC(=O)N(c1cccc(C)c1)c1nc(C[NH+]2CCC[C@@H](C(N)=O)C2)cs1. The summed E-state index contributed by atoms with van der Waals surface area (Å²) in [7, 11) is 0. The molecule has 1 aliphatic heterocycles. The summed E-state index contributed by atoms with van der Waals surface area (Å²) in [5, 5.41) is 2.68. The summed E-state index contributed by atoms with van der Waals surface area (Å²) in [4.78, 5) is 31.3. The van der Waals surface area contributed by atoms with Crippen molar-refractivity contribution in [1.29, 1.82) is 0 Å². The number of nitrogens with two attached hydrogens (primary N) is 1. The molecule has 0 saturated carbocycles. The molecule has 2 aromatic rings. The molecule has 1 aliphatic rings. The van der Waals surface area contributed by atoms with Gasteiger partial charge in [0.25, 0.3) is 0 Å². The van der Waals surface area contributed by atoms with E-state index >= 15 is 0 Å². The first-order chi connectivity index (χ1) is 12.4. The van der Waals surface area contributed by atoms with Gasteiger partial charge in [-0.15, -0.1) is 11.3 Å². The lowest BCUT2D eigenvalue weighted by atomic mass is 9.97. The van der Waals surface area contributed by atoms with Gasteiger partial charge in [0.15, 0.2) is 5.13 Å². The Morgan fingerprint density at radius 3 is 2.92 bits per heavy atom. The summed E-state index contributed by atoms with van der Waals surface area (Å²) in [5.74, 6) is -0.308. The highest BCUT2D eigenvalue weighted by molar-refractivity contribution is 7.14. The van der Waals surface area contributed by atoms with Gasteiger partial charge >= 0.3 is 0 Å². The molecule has 138 valence electrons. The average molecular weight is 374 g/mol. The molecule has 0 aliphatic carbocycles. The molecule has 2 amide bonds. The molecule has 2 heterocycles. The Bertz CT molecular complexity index is 804. The van der Waals surface area contributed by atoms with Crippen LogP contribution in [0.25, 0.3) is 0 Å². The molecule has 1 unspecified atom stereocenters. The standard InChI is InChI=1S/C19H24N4O2S/c1-13-5-3-7-17(9-13)23(14(2)24)19-21-16(12-26-19)11-22-8-4-6-15(10-22)18(20)25/h3,5,7,9,12,15H,4,6,8,10-11H2,1-2H3,(H2,20,25)/p+1/t15-/m1/s1. The molecular formula is C19H25N4O2S+. The molecule has 7 heteroatoms. The van der Waals surface area contributed by atoms with Gasteiger partial charge in [-0.1, -0.05) is 12.1 Å². The summed E-state index contributed by atoms with van der Waals surface area (Å²) in [6.07, 6.45) is 1.88. The lowest BCUT2D eigenvalue weighted by Crippen LogP contribution is -3.12. The number of primary amides is 1. The molecule has 1 aromatic carbocycles. The van der Waals surface area contributed by atoms with Gasteiger partial charge in [0.05, 0.1) is 24.7 Å². The Hall–Kier alpha value is -2.25. The van der Waals surface area contributed by atoms with Crippen LogP contribution in [-0.4, -0.2) is 29.9 Å². The second kappa shape index (κ2) is 7.97. The zero-order valence-electron chi connectivity index (χ0n) is 15.2. The van der Waals surface area contributed by atoms with Gasteiger partial charge < -0.3 is 10.6 Å². The molecular weight excluding hydrogens is 348 g/mol. The number of anilines is 2. The first-order valence-electron chi connectivity index (χ1n) is 8.88. The number of amides is 2. The maximum atomic E-state index is 12.2. The number of hydrogen-bond acceptors (Lipinski definition) is 4. The number of quaternary nitrogens is 1. The quantitative estimate of drug-likeness (QED) is 0.832. The van der Waals surface area contributed by atoms with Crippen LogP contribution in [0.5, 0.6) is 0 Å². The lowest BCUT2D eigenvalue weighted by molar-refractivity contribution is -0.921. The number of hydrogen-bond donors (Lipinski definition) is 2. The third kappa shape index (κ3) is 4.28. The largest absolute Gasteiger partial charge is 0.369 e. The summed E-state index contributed by atoms with van der Waals surface area (Å²) < 4.78 is 0. The average Bonchev–Trinajstić information content (AvgIpc) is 3.03. The van der Waals surface area contributed by atoms with E-state index in [0.29, 0.717) is 5.13 Å². The minimum absolute atomic E-state index is 0.0436. The van der Waals surface area contributed by atoms with Crippen LogP contribution in [0.15, 0.2) is 29.6 Å². The Morgan fingerprint density at radius 1 is 1.42 bits per heavy atom.